The minimum atomic E-state index is 0.517. The van der Waals surface area contributed by atoms with Crippen LogP contribution in [0, 0.1) is 6.92 Å². The number of hydrogen-bond donors (Lipinski definition) is 1. The number of anilines is 2. The van der Waals surface area contributed by atoms with E-state index in [4.69, 9.17) is 5.73 Å². The van der Waals surface area contributed by atoms with E-state index in [-0.39, 0.29) is 0 Å². The first-order chi connectivity index (χ1) is 10.2. The Morgan fingerprint density at radius 3 is 2.76 bits per heavy atom. The van der Waals surface area contributed by atoms with Gasteiger partial charge >= 0.3 is 0 Å². The van der Waals surface area contributed by atoms with Crippen LogP contribution in [0.5, 0.6) is 0 Å². The molecule has 4 nitrogen and oxygen atoms in total. The number of aromatic nitrogens is 2. The Balaban J connectivity index is 1.91. The van der Waals surface area contributed by atoms with Gasteiger partial charge in [0.05, 0.1) is 0 Å². The Labute approximate surface area is 126 Å². The first kappa shape index (κ1) is 14.0. The van der Waals surface area contributed by atoms with E-state index in [1.807, 2.05) is 31.3 Å². The van der Waals surface area contributed by atoms with Crippen molar-refractivity contribution < 1.29 is 0 Å². The summed E-state index contributed by atoms with van der Waals surface area (Å²) in [5, 5.41) is 0. The third-order valence-corrected chi connectivity index (χ3v) is 4.30. The highest BCUT2D eigenvalue weighted by atomic mass is 15.2. The third kappa shape index (κ3) is 2.76. The topological polar surface area (TPSA) is 55.0 Å². The van der Waals surface area contributed by atoms with Crippen molar-refractivity contribution in [2.24, 2.45) is 5.73 Å². The molecule has 1 aromatic carbocycles. The van der Waals surface area contributed by atoms with Crippen LogP contribution in [-0.4, -0.2) is 23.6 Å². The van der Waals surface area contributed by atoms with E-state index in [2.05, 4.69) is 28.2 Å². The Morgan fingerprint density at radius 1 is 1.29 bits per heavy atom. The Bertz CT molecular complexity index is 621. The molecule has 1 atom stereocenters. The molecule has 1 aliphatic rings. The van der Waals surface area contributed by atoms with Crippen LogP contribution >= 0.6 is 0 Å². The molecule has 0 amide bonds. The zero-order chi connectivity index (χ0) is 14.8. The van der Waals surface area contributed by atoms with Crippen molar-refractivity contribution in [1.82, 2.24) is 9.97 Å². The lowest BCUT2D eigenvalue weighted by molar-refractivity contribution is 0.561. The number of rotatable bonds is 3. The van der Waals surface area contributed by atoms with Crippen molar-refractivity contribution >= 4 is 11.6 Å². The van der Waals surface area contributed by atoms with E-state index in [1.165, 1.54) is 24.0 Å². The van der Waals surface area contributed by atoms with Crippen LogP contribution in [0.25, 0.3) is 0 Å². The van der Waals surface area contributed by atoms with Crippen LogP contribution in [0.3, 0.4) is 0 Å². The van der Waals surface area contributed by atoms with Gasteiger partial charge in [0, 0.05) is 25.1 Å². The molecule has 0 radical (unpaired) electrons. The second-order valence-electron chi connectivity index (χ2n) is 5.83. The average molecular weight is 282 g/mol. The Hall–Kier alpha value is -1.94. The van der Waals surface area contributed by atoms with Crippen molar-refractivity contribution in [3.05, 3.63) is 47.3 Å². The molecule has 0 spiro atoms. The summed E-state index contributed by atoms with van der Waals surface area (Å²) in [4.78, 5) is 10.8. The zero-order valence-corrected chi connectivity index (χ0v) is 12.7. The maximum absolute atomic E-state index is 5.89. The van der Waals surface area contributed by atoms with Crippen molar-refractivity contribution in [1.29, 1.82) is 0 Å². The first-order valence-corrected chi connectivity index (χ1v) is 7.54. The van der Waals surface area contributed by atoms with Gasteiger partial charge in [0.15, 0.2) is 0 Å². The summed E-state index contributed by atoms with van der Waals surface area (Å²) >= 11 is 0. The van der Waals surface area contributed by atoms with Gasteiger partial charge in [0.2, 0.25) is 5.95 Å². The molecule has 0 saturated heterocycles. The summed E-state index contributed by atoms with van der Waals surface area (Å²) in [5.41, 5.74) is 10.9. The average Bonchev–Trinajstić information content (AvgIpc) is 2.53. The number of benzene rings is 1. The normalized spacial score (nSPS) is 17.4. The molecule has 1 aromatic heterocycles. The van der Waals surface area contributed by atoms with Crippen molar-refractivity contribution in [3.63, 3.8) is 0 Å². The van der Waals surface area contributed by atoms with E-state index in [0.717, 1.165) is 30.2 Å². The summed E-state index contributed by atoms with van der Waals surface area (Å²) in [6.07, 6.45) is 7.27. The van der Waals surface area contributed by atoms with E-state index < -0.39 is 0 Å². The van der Waals surface area contributed by atoms with Crippen LogP contribution in [0.1, 0.15) is 35.4 Å². The number of hydrogen-bond acceptors (Lipinski definition) is 4. The van der Waals surface area contributed by atoms with Crippen molar-refractivity contribution in [2.75, 3.05) is 18.5 Å². The summed E-state index contributed by atoms with van der Waals surface area (Å²) < 4.78 is 0. The summed E-state index contributed by atoms with van der Waals surface area (Å²) in [6, 6.07) is 6.64. The van der Waals surface area contributed by atoms with Gasteiger partial charge in [-0.2, -0.15) is 0 Å². The Morgan fingerprint density at radius 2 is 2.05 bits per heavy atom. The molecule has 3 rings (SSSR count). The van der Waals surface area contributed by atoms with Gasteiger partial charge in [-0.05, 0) is 67.5 Å². The van der Waals surface area contributed by atoms with Crippen molar-refractivity contribution in [3.8, 4) is 0 Å². The highest BCUT2D eigenvalue weighted by Crippen LogP contribution is 2.34. The molecule has 1 aliphatic carbocycles. The molecule has 0 bridgehead atoms. The second kappa shape index (κ2) is 5.82. The lowest BCUT2D eigenvalue weighted by Gasteiger charge is -2.26. The fraction of sp³-hybridized carbons (Fsp3) is 0.412. The van der Waals surface area contributed by atoms with Gasteiger partial charge in [-0.15, -0.1) is 0 Å². The van der Waals surface area contributed by atoms with Gasteiger partial charge in [-0.25, -0.2) is 9.97 Å². The SMILES string of the molecule is Cc1cnc(N(C)c2ccc3c(c2)CCC[C@H]3CN)nc1. The third-order valence-electron chi connectivity index (χ3n) is 4.30. The summed E-state index contributed by atoms with van der Waals surface area (Å²) in [5.74, 6) is 1.25. The van der Waals surface area contributed by atoms with Gasteiger partial charge < -0.3 is 10.6 Å². The molecule has 110 valence electrons. The zero-order valence-electron chi connectivity index (χ0n) is 12.7. The lowest BCUT2D eigenvalue weighted by atomic mass is 9.82. The van der Waals surface area contributed by atoms with E-state index in [0.29, 0.717) is 5.92 Å². The molecule has 4 heteroatoms. The van der Waals surface area contributed by atoms with Crippen LogP contribution in [0.4, 0.5) is 11.6 Å². The molecule has 1 heterocycles. The number of nitrogens with two attached hydrogens (primary N) is 1. The molecule has 0 fully saturated rings. The molecule has 2 N–H and O–H groups in total. The number of fused-ring (bicyclic) bond motifs is 1. The highest BCUT2D eigenvalue weighted by Gasteiger charge is 2.20. The van der Waals surface area contributed by atoms with Gasteiger partial charge in [0.25, 0.3) is 0 Å². The number of aryl methyl sites for hydroxylation is 2. The first-order valence-electron chi connectivity index (χ1n) is 7.54. The predicted octanol–water partition coefficient (Wildman–Crippen LogP) is 2.93. The smallest absolute Gasteiger partial charge is 0.229 e. The molecule has 0 aliphatic heterocycles. The number of nitrogens with zero attached hydrogens (tertiary/aromatic N) is 3. The fourth-order valence-electron chi connectivity index (χ4n) is 3.03. The maximum Gasteiger partial charge on any atom is 0.229 e. The minimum Gasteiger partial charge on any atom is -0.330 e. The molecular formula is C17H22N4. The van der Waals surface area contributed by atoms with E-state index in [1.54, 1.807) is 0 Å². The van der Waals surface area contributed by atoms with Crippen LogP contribution in [-0.2, 0) is 6.42 Å². The van der Waals surface area contributed by atoms with E-state index in [9.17, 15) is 0 Å². The molecule has 2 aromatic rings. The minimum absolute atomic E-state index is 0.517. The second-order valence-corrected chi connectivity index (χ2v) is 5.83. The summed E-state index contributed by atoms with van der Waals surface area (Å²) in [6.45, 7) is 2.74. The molecular weight excluding hydrogens is 260 g/mol. The van der Waals surface area contributed by atoms with Crippen LogP contribution in [0.15, 0.2) is 30.6 Å². The Kier molecular flexibility index (Phi) is 3.88. The maximum atomic E-state index is 5.89. The standard InChI is InChI=1S/C17H22N4/c1-12-10-19-17(20-11-12)21(2)15-6-7-16-13(8-15)4-3-5-14(16)9-18/h6-8,10-11,14H,3-5,9,18H2,1-2H3/t14-/m0/s1. The molecule has 0 saturated carbocycles. The van der Waals surface area contributed by atoms with Crippen molar-refractivity contribution in [2.45, 2.75) is 32.1 Å². The predicted molar refractivity (Wildman–Crippen MR) is 86.0 cm³/mol. The van der Waals surface area contributed by atoms with Crippen LogP contribution < -0.4 is 10.6 Å². The monoisotopic (exact) mass is 282 g/mol. The van der Waals surface area contributed by atoms with Gasteiger partial charge in [-0.3, -0.25) is 0 Å². The molecule has 0 unspecified atom stereocenters. The summed E-state index contributed by atoms with van der Waals surface area (Å²) in [7, 11) is 2.01. The van der Waals surface area contributed by atoms with E-state index >= 15 is 0 Å². The largest absolute Gasteiger partial charge is 0.330 e. The quantitative estimate of drug-likeness (QED) is 0.940. The van der Waals surface area contributed by atoms with Gasteiger partial charge in [-0.1, -0.05) is 6.07 Å². The lowest BCUT2D eigenvalue weighted by Crippen LogP contribution is -2.19. The highest BCUT2D eigenvalue weighted by molar-refractivity contribution is 5.59. The fourth-order valence-corrected chi connectivity index (χ4v) is 3.03. The van der Waals surface area contributed by atoms with Crippen LogP contribution in [0.2, 0.25) is 0 Å². The van der Waals surface area contributed by atoms with Gasteiger partial charge in [0.1, 0.15) is 0 Å². The molecule has 21 heavy (non-hydrogen) atoms.